The van der Waals surface area contributed by atoms with E-state index in [2.05, 4.69) is 10.3 Å². The lowest BCUT2D eigenvalue weighted by Gasteiger charge is -2.06. The zero-order valence-corrected chi connectivity index (χ0v) is 11.4. The van der Waals surface area contributed by atoms with Gasteiger partial charge in [0.15, 0.2) is 0 Å². The van der Waals surface area contributed by atoms with Crippen molar-refractivity contribution in [3.05, 3.63) is 63.9 Å². The van der Waals surface area contributed by atoms with Crippen molar-refractivity contribution in [2.45, 2.75) is 13.0 Å². The number of pyridine rings is 1. The molecule has 0 aliphatic carbocycles. The summed E-state index contributed by atoms with van der Waals surface area (Å²) in [7, 11) is 0. The van der Waals surface area contributed by atoms with Gasteiger partial charge in [0.2, 0.25) is 0 Å². The van der Waals surface area contributed by atoms with Gasteiger partial charge in [-0.3, -0.25) is 4.98 Å². The predicted molar refractivity (Wildman–Crippen MR) is 76.1 cm³/mol. The lowest BCUT2D eigenvalue weighted by atomic mass is 10.1. The molecule has 1 aromatic heterocycles. The van der Waals surface area contributed by atoms with Crippen LogP contribution in [0.25, 0.3) is 0 Å². The molecule has 0 saturated carbocycles. The molecule has 0 spiro atoms. The highest BCUT2D eigenvalue weighted by molar-refractivity contribution is 6.31. The van der Waals surface area contributed by atoms with Crippen molar-refractivity contribution in [2.75, 3.05) is 6.54 Å². The van der Waals surface area contributed by atoms with Crippen LogP contribution in [0.5, 0.6) is 0 Å². The van der Waals surface area contributed by atoms with Crippen LogP contribution in [0.1, 0.15) is 11.1 Å². The van der Waals surface area contributed by atoms with Gasteiger partial charge in [0.25, 0.3) is 0 Å². The second-order valence-corrected chi connectivity index (χ2v) is 4.86. The number of halogens is 2. The van der Waals surface area contributed by atoms with Crippen LogP contribution in [0.4, 0.5) is 0 Å². The maximum atomic E-state index is 6.02. The Balaban J connectivity index is 1.76. The zero-order chi connectivity index (χ0) is 12.8. The van der Waals surface area contributed by atoms with Gasteiger partial charge in [-0.2, -0.15) is 0 Å². The molecule has 0 fully saturated rings. The van der Waals surface area contributed by atoms with Gasteiger partial charge >= 0.3 is 0 Å². The molecule has 4 heteroatoms. The van der Waals surface area contributed by atoms with Crippen LogP contribution in [0, 0.1) is 0 Å². The number of rotatable bonds is 5. The fraction of sp³-hybridized carbons (Fsp3) is 0.214. The number of nitrogens with zero attached hydrogens (tertiary/aromatic N) is 1. The molecule has 0 amide bonds. The summed E-state index contributed by atoms with van der Waals surface area (Å²) >= 11 is 11.9. The minimum atomic E-state index is 0.705. The van der Waals surface area contributed by atoms with E-state index < -0.39 is 0 Å². The number of nitrogens with one attached hydrogen (secondary N) is 1. The van der Waals surface area contributed by atoms with E-state index in [1.165, 1.54) is 5.56 Å². The Labute approximate surface area is 117 Å². The summed E-state index contributed by atoms with van der Waals surface area (Å²) in [6.45, 7) is 1.66. The van der Waals surface area contributed by atoms with Crippen LogP contribution in [0.2, 0.25) is 10.0 Å². The molecule has 0 aliphatic heterocycles. The van der Waals surface area contributed by atoms with Gasteiger partial charge in [0.1, 0.15) is 0 Å². The number of hydrogen-bond donors (Lipinski definition) is 1. The van der Waals surface area contributed by atoms with E-state index in [1.54, 1.807) is 12.4 Å². The Hall–Kier alpha value is -1.09. The van der Waals surface area contributed by atoms with E-state index in [0.29, 0.717) is 5.02 Å². The zero-order valence-electron chi connectivity index (χ0n) is 9.87. The Bertz CT molecular complexity index is 497. The Morgan fingerprint density at radius 3 is 2.56 bits per heavy atom. The third kappa shape index (κ3) is 3.98. The van der Waals surface area contributed by atoms with Crippen molar-refractivity contribution >= 4 is 23.2 Å². The van der Waals surface area contributed by atoms with Gasteiger partial charge in [-0.25, -0.2) is 0 Å². The van der Waals surface area contributed by atoms with Crippen molar-refractivity contribution in [3.8, 4) is 0 Å². The minimum absolute atomic E-state index is 0.705. The number of aromatic nitrogens is 1. The maximum Gasteiger partial charge on any atom is 0.0634 e. The maximum absolute atomic E-state index is 6.02. The molecule has 0 radical (unpaired) electrons. The molecular weight excluding hydrogens is 267 g/mol. The minimum Gasteiger partial charge on any atom is -0.312 e. The van der Waals surface area contributed by atoms with Crippen LogP contribution >= 0.6 is 23.2 Å². The van der Waals surface area contributed by atoms with Crippen molar-refractivity contribution in [3.63, 3.8) is 0 Å². The predicted octanol–water partition coefficient (Wildman–Crippen LogP) is 3.72. The van der Waals surface area contributed by atoms with Crippen LogP contribution in [0.3, 0.4) is 0 Å². The van der Waals surface area contributed by atoms with E-state index in [-0.39, 0.29) is 0 Å². The van der Waals surface area contributed by atoms with E-state index >= 15 is 0 Å². The van der Waals surface area contributed by atoms with Gasteiger partial charge < -0.3 is 5.32 Å². The third-order valence-corrected chi connectivity index (χ3v) is 3.27. The second kappa shape index (κ2) is 6.74. The fourth-order valence-corrected chi connectivity index (χ4v) is 1.97. The summed E-state index contributed by atoms with van der Waals surface area (Å²) in [6.07, 6.45) is 4.39. The van der Waals surface area contributed by atoms with Crippen LogP contribution < -0.4 is 5.32 Å². The van der Waals surface area contributed by atoms with Gasteiger partial charge in [-0.05, 0) is 42.3 Å². The highest BCUT2D eigenvalue weighted by atomic mass is 35.5. The average molecular weight is 281 g/mol. The molecule has 1 N–H and O–H groups in total. The molecule has 2 aromatic rings. The summed E-state index contributed by atoms with van der Waals surface area (Å²) in [6, 6.07) is 9.84. The largest absolute Gasteiger partial charge is 0.312 e. The normalized spacial score (nSPS) is 10.6. The standard InChI is InChI=1S/C14H14Cl2N2/c15-13-3-1-11(2-4-13)5-7-17-9-12-6-8-18-10-14(12)16/h1-4,6,8,10,17H,5,7,9H2. The van der Waals surface area contributed by atoms with E-state index in [1.807, 2.05) is 30.3 Å². The van der Waals surface area contributed by atoms with Crippen molar-refractivity contribution < 1.29 is 0 Å². The van der Waals surface area contributed by atoms with Gasteiger partial charge in [0.05, 0.1) is 5.02 Å². The first-order valence-electron chi connectivity index (χ1n) is 5.79. The highest BCUT2D eigenvalue weighted by Gasteiger charge is 1.99. The smallest absolute Gasteiger partial charge is 0.0634 e. The first kappa shape index (κ1) is 13.3. The Kier molecular flexibility index (Phi) is 5.00. The first-order chi connectivity index (χ1) is 8.75. The quantitative estimate of drug-likeness (QED) is 0.845. The van der Waals surface area contributed by atoms with Crippen LogP contribution in [0.15, 0.2) is 42.7 Å². The highest BCUT2D eigenvalue weighted by Crippen LogP contribution is 2.13. The topological polar surface area (TPSA) is 24.9 Å². The van der Waals surface area contributed by atoms with Crippen molar-refractivity contribution in [1.29, 1.82) is 0 Å². The lowest BCUT2D eigenvalue weighted by molar-refractivity contribution is 0.686. The van der Waals surface area contributed by atoms with E-state index in [4.69, 9.17) is 23.2 Å². The molecule has 2 rings (SSSR count). The van der Waals surface area contributed by atoms with Gasteiger partial charge in [-0.15, -0.1) is 0 Å². The molecule has 0 atom stereocenters. The first-order valence-corrected chi connectivity index (χ1v) is 6.55. The number of benzene rings is 1. The molecule has 18 heavy (non-hydrogen) atoms. The van der Waals surface area contributed by atoms with Crippen LogP contribution in [-0.4, -0.2) is 11.5 Å². The molecule has 0 bridgehead atoms. The summed E-state index contributed by atoms with van der Waals surface area (Å²) in [5.74, 6) is 0. The summed E-state index contributed by atoms with van der Waals surface area (Å²) < 4.78 is 0. The summed E-state index contributed by atoms with van der Waals surface area (Å²) in [5, 5.41) is 4.84. The third-order valence-electron chi connectivity index (χ3n) is 2.68. The fourth-order valence-electron chi connectivity index (χ4n) is 1.65. The molecule has 94 valence electrons. The van der Waals surface area contributed by atoms with Crippen LogP contribution in [-0.2, 0) is 13.0 Å². The molecule has 0 saturated heterocycles. The SMILES string of the molecule is Clc1ccc(CCNCc2ccncc2Cl)cc1. The van der Waals surface area contributed by atoms with Gasteiger partial charge in [-0.1, -0.05) is 35.3 Å². The monoisotopic (exact) mass is 280 g/mol. The molecule has 0 aliphatic rings. The van der Waals surface area contributed by atoms with Crippen molar-refractivity contribution in [2.24, 2.45) is 0 Å². The summed E-state index contributed by atoms with van der Waals surface area (Å²) in [4.78, 5) is 3.96. The van der Waals surface area contributed by atoms with E-state index in [9.17, 15) is 0 Å². The molecule has 0 unspecified atom stereocenters. The molecule has 1 heterocycles. The molecule has 2 nitrogen and oxygen atoms in total. The second-order valence-electron chi connectivity index (χ2n) is 4.02. The van der Waals surface area contributed by atoms with Gasteiger partial charge in [0, 0.05) is 24.0 Å². The molecule has 1 aromatic carbocycles. The average Bonchev–Trinajstić information content (AvgIpc) is 2.39. The number of hydrogen-bond acceptors (Lipinski definition) is 2. The Morgan fingerprint density at radius 1 is 1.06 bits per heavy atom. The van der Waals surface area contributed by atoms with Crippen molar-refractivity contribution in [1.82, 2.24) is 10.3 Å². The Morgan fingerprint density at radius 2 is 1.83 bits per heavy atom. The summed E-state index contributed by atoms with van der Waals surface area (Å²) in [5.41, 5.74) is 2.34. The molecular formula is C14H14Cl2N2. The van der Waals surface area contributed by atoms with E-state index in [0.717, 1.165) is 30.1 Å². The lowest BCUT2D eigenvalue weighted by Crippen LogP contribution is -2.16.